The maximum absolute atomic E-state index is 6.32. The molecule has 0 unspecified atom stereocenters. The lowest BCUT2D eigenvalue weighted by Gasteiger charge is -2.10. The smallest absolute Gasteiger partial charge is 0.182 e. The Morgan fingerprint density at radius 2 is 1.74 bits per heavy atom. The highest BCUT2D eigenvalue weighted by atomic mass is 35.5. The predicted octanol–water partition coefficient (Wildman–Crippen LogP) is 5.30. The van der Waals surface area contributed by atoms with Gasteiger partial charge in [-0.25, -0.2) is 0 Å². The molecule has 0 fully saturated rings. The summed E-state index contributed by atoms with van der Waals surface area (Å²) in [6, 6.07) is 11.5. The quantitative estimate of drug-likeness (QED) is 0.605. The van der Waals surface area contributed by atoms with Gasteiger partial charge in [0.15, 0.2) is 4.77 Å². The predicted molar refractivity (Wildman–Crippen MR) is 83.2 cm³/mol. The first-order valence-corrected chi connectivity index (χ1v) is 6.91. The Morgan fingerprint density at radius 3 is 2.47 bits per heavy atom. The van der Waals surface area contributed by atoms with E-state index in [-0.39, 0.29) is 0 Å². The minimum atomic E-state index is 0.583. The van der Waals surface area contributed by atoms with Gasteiger partial charge in [0.2, 0.25) is 0 Å². The van der Waals surface area contributed by atoms with E-state index in [4.69, 9.17) is 35.4 Å². The number of rotatable bonds is 1. The van der Waals surface area contributed by atoms with E-state index in [2.05, 4.69) is 4.98 Å². The van der Waals surface area contributed by atoms with Crippen molar-refractivity contribution in [1.29, 1.82) is 0 Å². The summed E-state index contributed by atoms with van der Waals surface area (Å²) in [5.41, 5.74) is 3.70. The number of fused-ring (bicyclic) bond motifs is 1. The third-order valence-electron chi connectivity index (χ3n) is 3.08. The average molecular weight is 309 g/mol. The first-order valence-electron chi connectivity index (χ1n) is 5.74. The minimum absolute atomic E-state index is 0.583. The molecule has 3 aromatic rings. The summed E-state index contributed by atoms with van der Waals surface area (Å²) < 4.78 is 2.51. The van der Waals surface area contributed by atoms with Gasteiger partial charge in [0, 0.05) is 0 Å². The molecule has 0 bridgehead atoms. The lowest BCUT2D eigenvalue weighted by atomic mass is 10.2. The fourth-order valence-electron chi connectivity index (χ4n) is 2.22. The van der Waals surface area contributed by atoms with E-state index >= 15 is 0 Å². The lowest BCUT2D eigenvalue weighted by Crippen LogP contribution is -1.98. The van der Waals surface area contributed by atoms with E-state index < -0.39 is 0 Å². The van der Waals surface area contributed by atoms with Crippen molar-refractivity contribution >= 4 is 46.5 Å². The number of H-pyrrole nitrogens is 1. The van der Waals surface area contributed by atoms with Crippen LogP contribution in [0.25, 0.3) is 16.7 Å². The second-order valence-corrected chi connectivity index (χ2v) is 5.51. The van der Waals surface area contributed by atoms with Crippen LogP contribution in [0.3, 0.4) is 0 Å². The van der Waals surface area contributed by atoms with Crippen molar-refractivity contribution in [2.45, 2.75) is 6.92 Å². The SMILES string of the molecule is Cc1cccc(Cl)c1-n1c(=S)[nH]c2c(Cl)cccc21. The van der Waals surface area contributed by atoms with Crippen LogP contribution in [-0.4, -0.2) is 9.55 Å². The zero-order chi connectivity index (χ0) is 13.6. The van der Waals surface area contributed by atoms with E-state index in [0.717, 1.165) is 22.3 Å². The molecule has 5 heteroatoms. The number of aromatic nitrogens is 2. The zero-order valence-corrected chi connectivity index (χ0v) is 12.4. The number of hydrogen-bond donors (Lipinski definition) is 1. The van der Waals surface area contributed by atoms with Gasteiger partial charge in [-0.1, -0.05) is 41.4 Å². The van der Waals surface area contributed by atoms with Crippen LogP contribution in [0.4, 0.5) is 0 Å². The topological polar surface area (TPSA) is 20.7 Å². The molecule has 0 radical (unpaired) electrons. The van der Waals surface area contributed by atoms with Crippen molar-refractivity contribution in [3.8, 4) is 5.69 Å². The Bertz CT molecular complexity index is 813. The standard InChI is InChI=1S/C14H10Cl2N2S/c1-8-4-2-6-10(16)13(8)18-11-7-3-5-9(15)12(11)17-14(18)19/h2-7H,1H3,(H,17,19). The van der Waals surface area contributed by atoms with Gasteiger partial charge in [-0.15, -0.1) is 0 Å². The molecule has 0 saturated carbocycles. The van der Waals surface area contributed by atoms with E-state index in [9.17, 15) is 0 Å². The van der Waals surface area contributed by atoms with E-state index in [1.54, 1.807) is 0 Å². The molecule has 19 heavy (non-hydrogen) atoms. The summed E-state index contributed by atoms with van der Waals surface area (Å²) in [5.74, 6) is 0. The molecule has 0 saturated heterocycles. The van der Waals surface area contributed by atoms with Crippen molar-refractivity contribution in [2.24, 2.45) is 0 Å². The number of aryl methyl sites for hydroxylation is 1. The third kappa shape index (κ3) is 1.98. The largest absolute Gasteiger partial charge is 0.329 e. The summed E-state index contributed by atoms with van der Waals surface area (Å²) in [6.07, 6.45) is 0. The number of hydrogen-bond acceptors (Lipinski definition) is 1. The number of para-hydroxylation sites is 2. The van der Waals surface area contributed by atoms with Crippen LogP contribution in [0.2, 0.25) is 10.0 Å². The summed E-state index contributed by atoms with van der Waals surface area (Å²) in [6.45, 7) is 2.01. The number of nitrogens with one attached hydrogen (secondary N) is 1. The molecule has 0 aliphatic rings. The normalized spacial score (nSPS) is 11.1. The molecule has 0 aliphatic carbocycles. The second-order valence-electron chi connectivity index (χ2n) is 4.30. The summed E-state index contributed by atoms with van der Waals surface area (Å²) in [5, 5.41) is 1.31. The van der Waals surface area contributed by atoms with E-state index in [1.807, 2.05) is 47.9 Å². The highest BCUT2D eigenvalue weighted by Gasteiger charge is 2.13. The van der Waals surface area contributed by atoms with Gasteiger partial charge >= 0.3 is 0 Å². The van der Waals surface area contributed by atoms with Crippen molar-refractivity contribution < 1.29 is 0 Å². The molecule has 0 atom stereocenters. The van der Waals surface area contributed by atoms with Crippen molar-refractivity contribution in [3.63, 3.8) is 0 Å². The number of aromatic amines is 1. The molecule has 2 aromatic carbocycles. The van der Waals surface area contributed by atoms with Gasteiger partial charge in [0.25, 0.3) is 0 Å². The maximum atomic E-state index is 6.32. The molecule has 1 heterocycles. The molecule has 0 amide bonds. The number of benzene rings is 2. The van der Waals surface area contributed by atoms with Gasteiger partial charge < -0.3 is 4.98 Å². The highest BCUT2D eigenvalue weighted by Crippen LogP contribution is 2.30. The number of nitrogens with zero attached hydrogens (tertiary/aromatic N) is 1. The molecular formula is C14H10Cl2N2S. The van der Waals surface area contributed by atoms with Crippen molar-refractivity contribution in [2.75, 3.05) is 0 Å². The van der Waals surface area contributed by atoms with Gasteiger partial charge in [0.1, 0.15) is 0 Å². The zero-order valence-electron chi connectivity index (χ0n) is 10.1. The maximum Gasteiger partial charge on any atom is 0.182 e. The summed E-state index contributed by atoms with van der Waals surface area (Å²) in [7, 11) is 0. The van der Waals surface area contributed by atoms with Crippen molar-refractivity contribution in [1.82, 2.24) is 9.55 Å². The molecule has 0 aliphatic heterocycles. The van der Waals surface area contributed by atoms with Crippen LogP contribution in [0.5, 0.6) is 0 Å². The van der Waals surface area contributed by atoms with Crippen LogP contribution in [0.1, 0.15) is 5.56 Å². The Balaban J connectivity index is 2.47. The first kappa shape index (κ1) is 12.7. The molecule has 0 spiro atoms. The highest BCUT2D eigenvalue weighted by molar-refractivity contribution is 7.71. The van der Waals surface area contributed by atoms with Crippen molar-refractivity contribution in [3.05, 3.63) is 56.8 Å². The Hall–Kier alpha value is -1.29. The molecule has 2 nitrogen and oxygen atoms in total. The third-order valence-corrected chi connectivity index (χ3v) is 3.98. The Morgan fingerprint density at radius 1 is 1.05 bits per heavy atom. The first-order chi connectivity index (χ1) is 9.09. The van der Waals surface area contributed by atoms with Gasteiger partial charge in [0.05, 0.1) is 26.8 Å². The molecular weight excluding hydrogens is 299 g/mol. The number of imidazole rings is 1. The Kier molecular flexibility index (Phi) is 3.13. The molecule has 1 aromatic heterocycles. The minimum Gasteiger partial charge on any atom is -0.329 e. The van der Waals surface area contributed by atoms with Crippen LogP contribution >= 0.6 is 35.4 Å². The Labute approximate surface area is 125 Å². The van der Waals surface area contributed by atoms with Crippen LogP contribution in [0.15, 0.2) is 36.4 Å². The van der Waals surface area contributed by atoms with Gasteiger partial charge in [-0.05, 0) is 42.9 Å². The summed E-state index contributed by atoms with van der Waals surface area (Å²) in [4.78, 5) is 3.14. The molecule has 3 rings (SSSR count). The monoisotopic (exact) mass is 308 g/mol. The average Bonchev–Trinajstić information content (AvgIpc) is 2.68. The van der Waals surface area contributed by atoms with Gasteiger partial charge in [-0.2, -0.15) is 0 Å². The fraction of sp³-hybridized carbons (Fsp3) is 0.0714. The molecule has 1 N–H and O–H groups in total. The second kappa shape index (κ2) is 4.67. The van der Waals surface area contributed by atoms with Crippen LogP contribution in [0, 0.1) is 11.7 Å². The van der Waals surface area contributed by atoms with Crippen LogP contribution < -0.4 is 0 Å². The van der Waals surface area contributed by atoms with Gasteiger partial charge in [-0.3, -0.25) is 4.57 Å². The summed E-state index contributed by atoms with van der Waals surface area (Å²) >= 11 is 17.9. The molecule has 96 valence electrons. The lowest BCUT2D eigenvalue weighted by molar-refractivity contribution is 1.05. The fourth-order valence-corrected chi connectivity index (χ4v) is 3.04. The van der Waals surface area contributed by atoms with E-state index in [0.29, 0.717) is 14.8 Å². The van der Waals surface area contributed by atoms with Crippen LogP contribution in [-0.2, 0) is 0 Å². The number of halogens is 2. The van der Waals surface area contributed by atoms with E-state index in [1.165, 1.54) is 0 Å².